The van der Waals surface area contributed by atoms with Crippen LogP contribution in [0.5, 0.6) is 11.5 Å². The van der Waals surface area contributed by atoms with Gasteiger partial charge in [-0.05, 0) is 42.8 Å². The highest BCUT2D eigenvalue weighted by atomic mass is 32.2. The van der Waals surface area contributed by atoms with Crippen molar-refractivity contribution in [3.8, 4) is 11.5 Å². The molecular formula is C25H20N2O5S2. The van der Waals surface area contributed by atoms with Gasteiger partial charge in [0, 0.05) is 17.7 Å². The molecular weight excluding hydrogens is 472 g/mol. The highest BCUT2D eigenvalue weighted by molar-refractivity contribution is 8.27. The molecule has 1 amide bonds. The summed E-state index contributed by atoms with van der Waals surface area (Å²) in [6.07, 6.45) is 1.58. The molecule has 0 N–H and O–H groups in total. The minimum absolute atomic E-state index is 0.103. The topological polar surface area (TPSA) is 81.9 Å². The van der Waals surface area contributed by atoms with Gasteiger partial charge in [0.25, 0.3) is 11.6 Å². The summed E-state index contributed by atoms with van der Waals surface area (Å²) in [6.45, 7) is 2.41. The molecule has 1 saturated heterocycles. The van der Waals surface area contributed by atoms with E-state index in [0.29, 0.717) is 26.2 Å². The maximum absolute atomic E-state index is 13.2. The lowest BCUT2D eigenvalue weighted by atomic mass is 10.1. The van der Waals surface area contributed by atoms with Crippen molar-refractivity contribution in [3.63, 3.8) is 0 Å². The molecule has 0 aliphatic carbocycles. The summed E-state index contributed by atoms with van der Waals surface area (Å²) >= 11 is 6.60. The van der Waals surface area contributed by atoms with Crippen LogP contribution in [0.15, 0.2) is 77.7 Å². The fraction of sp³-hybridized carbons (Fsp3) is 0.120. The lowest BCUT2D eigenvalue weighted by molar-refractivity contribution is -0.384. The first kappa shape index (κ1) is 23.5. The van der Waals surface area contributed by atoms with Crippen molar-refractivity contribution in [2.75, 3.05) is 18.1 Å². The van der Waals surface area contributed by atoms with Crippen LogP contribution < -0.4 is 14.4 Å². The zero-order valence-electron chi connectivity index (χ0n) is 18.2. The van der Waals surface area contributed by atoms with E-state index in [2.05, 4.69) is 0 Å². The Bertz CT molecular complexity index is 1280. The Kier molecular flexibility index (Phi) is 7.24. The van der Waals surface area contributed by atoms with Gasteiger partial charge in [0.2, 0.25) is 0 Å². The lowest BCUT2D eigenvalue weighted by Crippen LogP contribution is -2.28. The van der Waals surface area contributed by atoms with Gasteiger partial charge in [0.15, 0.2) is 4.32 Å². The summed E-state index contributed by atoms with van der Waals surface area (Å²) in [4.78, 5) is 25.9. The van der Waals surface area contributed by atoms with Crippen molar-refractivity contribution in [1.82, 2.24) is 0 Å². The number of thioether (sulfide) groups is 1. The summed E-state index contributed by atoms with van der Waals surface area (Å²) in [5.41, 5.74) is 1.94. The normalized spacial score (nSPS) is 14.5. The number of hydrogen-bond acceptors (Lipinski definition) is 7. The summed E-state index contributed by atoms with van der Waals surface area (Å²) < 4.78 is 11.9. The number of anilines is 1. The quantitative estimate of drug-likeness (QED) is 0.130. The number of benzene rings is 3. The first-order valence-corrected chi connectivity index (χ1v) is 11.6. The Hall–Kier alpha value is -3.69. The van der Waals surface area contributed by atoms with E-state index in [0.717, 1.165) is 23.1 Å². The van der Waals surface area contributed by atoms with Crippen molar-refractivity contribution in [1.29, 1.82) is 0 Å². The SMILES string of the molecule is Cc1ccccc1N1C(=O)C(=Cc2cc([N+](=O)[O-])ccc2OCCOc2ccccc2)SC1=S. The van der Waals surface area contributed by atoms with Gasteiger partial charge < -0.3 is 9.47 Å². The Morgan fingerprint density at radius 2 is 1.74 bits per heavy atom. The summed E-state index contributed by atoms with van der Waals surface area (Å²) in [7, 11) is 0. The number of non-ortho nitro benzene ring substituents is 1. The number of thiocarbonyl (C=S) groups is 1. The number of amides is 1. The van der Waals surface area contributed by atoms with E-state index in [1.807, 2.05) is 61.5 Å². The highest BCUT2D eigenvalue weighted by Gasteiger charge is 2.34. The van der Waals surface area contributed by atoms with E-state index < -0.39 is 4.92 Å². The Morgan fingerprint density at radius 3 is 2.47 bits per heavy atom. The fourth-order valence-corrected chi connectivity index (χ4v) is 4.63. The van der Waals surface area contributed by atoms with E-state index >= 15 is 0 Å². The number of carbonyl (C=O) groups excluding carboxylic acids is 1. The van der Waals surface area contributed by atoms with Gasteiger partial charge in [-0.1, -0.05) is 60.4 Å². The average Bonchev–Trinajstić information content (AvgIpc) is 3.11. The molecule has 3 aromatic rings. The van der Waals surface area contributed by atoms with Crippen molar-refractivity contribution in [2.24, 2.45) is 0 Å². The van der Waals surface area contributed by atoms with Crippen LogP contribution in [0.4, 0.5) is 11.4 Å². The predicted octanol–water partition coefficient (Wildman–Crippen LogP) is 5.77. The second kappa shape index (κ2) is 10.5. The largest absolute Gasteiger partial charge is 0.490 e. The monoisotopic (exact) mass is 492 g/mol. The zero-order chi connectivity index (χ0) is 24.1. The maximum atomic E-state index is 13.2. The molecule has 1 heterocycles. The first-order chi connectivity index (χ1) is 16.4. The standard InChI is InChI=1S/C25H20N2O5S2/c1-17-7-5-6-10-21(17)26-24(28)23(34-25(26)33)16-18-15-19(27(29)30)11-12-22(18)32-14-13-31-20-8-3-2-4-9-20/h2-12,15-16H,13-14H2,1H3. The second-order valence-corrected chi connectivity index (χ2v) is 8.97. The number of carbonyl (C=O) groups is 1. The van der Waals surface area contributed by atoms with E-state index in [1.165, 1.54) is 23.1 Å². The number of nitro groups is 1. The van der Waals surface area contributed by atoms with Gasteiger partial charge in [-0.25, -0.2) is 0 Å². The fourth-order valence-electron chi connectivity index (χ4n) is 3.35. The number of rotatable bonds is 8. The Labute approximate surface area is 206 Å². The Morgan fingerprint density at radius 1 is 1.03 bits per heavy atom. The third-order valence-corrected chi connectivity index (χ3v) is 6.30. The molecule has 9 heteroatoms. The number of hydrogen-bond donors (Lipinski definition) is 0. The molecule has 0 unspecified atom stereocenters. The van der Waals surface area contributed by atoms with E-state index in [1.54, 1.807) is 6.08 Å². The molecule has 0 saturated carbocycles. The van der Waals surface area contributed by atoms with Crippen LogP contribution in [0.1, 0.15) is 11.1 Å². The zero-order valence-corrected chi connectivity index (χ0v) is 19.8. The molecule has 0 aromatic heterocycles. The molecule has 7 nitrogen and oxygen atoms in total. The Balaban J connectivity index is 1.56. The molecule has 0 atom stereocenters. The third-order valence-electron chi connectivity index (χ3n) is 4.99. The van der Waals surface area contributed by atoms with Crippen LogP contribution in [-0.4, -0.2) is 28.4 Å². The van der Waals surface area contributed by atoms with Gasteiger partial charge in [0.1, 0.15) is 24.7 Å². The van der Waals surface area contributed by atoms with Crippen LogP contribution in [0.3, 0.4) is 0 Å². The number of ether oxygens (including phenoxy) is 2. The van der Waals surface area contributed by atoms with Crippen molar-refractivity contribution < 1.29 is 19.2 Å². The number of nitro benzene ring substituents is 1. The molecule has 1 fully saturated rings. The second-order valence-electron chi connectivity index (χ2n) is 7.29. The molecule has 0 spiro atoms. The number of para-hydroxylation sites is 2. The maximum Gasteiger partial charge on any atom is 0.270 e. The van der Waals surface area contributed by atoms with Gasteiger partial charge in [-0.15, -0.1) is 0 Å². The molecule has 0 bridgehead atoms. The minimum Gasteiger partial charge on any atom is -0.490 e. The molecule has 4 rings (SSSR count). The molecule has 3 aromatic carbocycles. The van der Waals surface area contributed by atoms with Crippen LogP contribution in [0.25, 0.3) is 6.08 Å². The summed E-state index contributed by atoms with van der Waals surface area (Å²) in [5, 5.41) is 11.3. The highest BCUT2D eigenvalue weighted by Crippen LogP contribution is 2.38. The van der Waals surface area contributed by atoms with Crippen molar-refractivity contribution in [3.05, 3.63) is 98.9 Å². The van der Waals surface area contributed by atoms with E-state index in [-0.39, 0.29) is 24.8 Å². The van der Waals surface area contributed by atoms with Crippen LogP contribution >= 0.6 is 24.0 Å². The van der Waals surface area contributed by atoms with Crippen LogP contribution in [0, 0.1) is 17.0 Å². The van der Waals surface area contributed by atoms with Crippen LogP contribution in [-0.2, 0) is 4.79 Å². The van der Waals surface area contributed by atoms with Gasteiger partial charge >= 0.3 is 0 Å². The number of aryl methyl sites for hydroxylation is 1. The first-order valence-electron chi connectivity index (χ1n) is 10.4. The molecule has 1 aliphatic heterocycles. The predicted molar refractivity (Wildman–Crippen MR) is 137 cm³/mol. The van der Waals surface area contributed by atoms with Gasteiger partial charge in [-0.3, -0.25) is 19.8 Å². The van der Waals surface area contributed by atoms with Crippen molar-refractivity contribution >= 4 is 51.7 Å². The third kappa shape index (κ3) is 5.27. The molecule has 1 aliphatic rings. The summed E-state index contributed by atoms with van der Waals surface area (Å²) in [5.74, 6) is 0.840. The average molecular weight is 493 g/mol. The molecule has 172 valence electrons. The molecule has 34 heavy (non-hydrogen) atoms. The number of nitrogens with zero attached hydrogens (tertiary/aromatic N) is 2. The van der Waals surface area contributed by atoms with Crippen LogP contribution in [0.2, 0.25) is 0 Å². The smallest absolute Gasteiger partial charge is 0.270 e. The van der Waals surface area contributed by atoms with Crippen molar-refractivity contribution in [2.45, 2.75) is 6.92 Å². The lowest BCUT2D eigenvalue weighted by Gasteiger charge is -2.16. The summed E-state index contributed by atoms with van der Waals surface area (Å²) in [6, 6.07) is 21.1. The van der Waals surface area contributed by atoms with E-state index in [9.17, 15) is 14.9 Å². The van der Waals surface area contributed by atoms with Gasteiger partial charge in [0.05, 0.1) is 15.5 Å². The van der Waals surface area contributed by atoms with Gasteiger partial charge in [-0.2, -0.15) is 0 Å². The molecule has 0 radical (unpaired) electrons. The van der Waals surface area contributed by atoms with E-state index in [4.69, 9.17) is 21.7 Å². The minimum atomic E-state index is -0.488.